The van der Waals surface area contributed by atoms with Gasteiger partial charge in [0.15, 0.2) is 0 Å². The van der Waals surface area contributed by atoms with Crippen molar-refractivity contribution in [3.05, 3.63) is 11.8 Å². The summed E-state index contributed by atoms with van der Waals surface area (Å²) >= 11 is 1.64. The van der Waals surface area contributed by atoms with E-state index in [2.05, 4.69) is 5.16 Å². The number of amides is 1. The van der Waals surface area contributed by atoms with Gasteiger partial charge in [-0.1, -0.05) is 0 Å². The van der Waals surface area contributed by atoms with Crippen molar-refractivity contribution in [3.63, 3.8) is 0 Å². The number of carboxylic acids is 1. The van der Waals surface area contributed by atoms with E-state index in [0.29, 0.717) is 12.3 Å². The van der Waals surface area contributed by atoms with Crippen molar-refractivity contribution < 1.29 is 24.0 Å². The minimum absolute atomic E-state index is 0.0655. The number of carbonyl (C=O) groups is 2. The van der Waals surface area contributed by atoms with Crippen molar-refractivity contribution in [3.8, 4) is 5.88 Å². The van der Waals surface area contributed by atoms with Crippen molar-refractivity contribution in [2.75, 3.05) is 25.2 Å². The molecule has 1 unspecified atom stereocenters. The van der Waals surface area contributed by atoms with Crippen LogP contribution >= 0.6 is 11.8 Å². The third-order valence-electron chi connectivity index (χ3n) is 2.81. The molecule has 8 heteroatoms. The number of methoxy groups -OCH3 is 1. The van der Waals surface area contributed by atoms with Crippen LogP contribution in [0.5, 0.6) is 5.88 Å². The molecule has 0 bridgehead atoms. The van der Waals surface area contributed by atoms with Crippen LogP contribution in [0.25, 0.3) is 0 Å². The number of thioether (sulfide) groups is 1. The Balaban J connectivity index is 2.12. The van der Waals surface area contributed by atoms with Gasteiger partial charge in [-0.05, 0) is 5.16 Å². The van der Waals surface area contributed by atoms with Gasteiger partial charge < -0.3 is 19.3 Å². The van der Waals surface area contributed by atoms with Gasteiger partial charge in [-0.2, -0.15) is 11.8 Å². The number of aromatic nitrogens is 1. The SMILES string of the molecule is COc1cc(C(=O)N2CCSCC2CC(=O)O)on1. The molecule has 104 valence electrons. The molecule has 1 atom stereocenters. The standard InChI is InChI=1S/C11H14N2O5S/c1-17-9-5-8(18-12-9)11(16)13-2-3-19-6-7(13)4-10(14)15/h5,7H,2-4,6H2,1H3,(H,14,15). The van der Waals surface area contributed by atoms with Crippen LogP contribution in [0.4, 0.5) is 0 Å². The van der Waals surface area contributed by atoms with Crippen LogP contribution < -0.4 is 4.74 Å². The van der Waals surface area contributed by atoms with Crippen LogP contribution in [0.15, 0.2) is 10.6 Å². The lowest BCUT2D eigenvalue weighted by molar-refractivity contribution is -0.138. The van der Waals surface area contributed by atoms with E-state index in [1.807, 2.05) is 0 Å². The van der Waals surface area contributed by atoms with Gasteiger partial charge in [0, 0.05) is 18.1 Å². The summed E-state index contributed by atoms with van der Waals surface area (Å²) in [7, 11) is 1.43. The Morgan fingerprint density at radius 2 is 2.47 bits per heavy atom. The van der Waals surface area contributed by atoms with E-state index in [0.717, 1.165) is 5.75 Å². The minimum Gasteiger partial charge on any atom is -0.481 e. The van der Waals surface area contributed by atoms with Crippen molar-refractivity contribution in [2.24, 2.45) is 0 Å². The summed E-state index contributed by atoms with van der Waals surface area (Å²) in [5.41, 5.74) is 0. The molecule has 1 aliphatic heterocycles. The maximum absolute atomic E-state index is 12.3. The zero-order valence-corrected chi connectivity index (χ0v) is 11.2. The highest BCUT2D eigenvalue weighted by atomic mass is 32.2. The van der Waals surface area contributed by atoms with E-state index in [-0.39, 0.29) is 30.0 Å². The lowest BCUT2D eigenvalue weighted by Gasteiger charge is -2.33. The lowest BCUT2D eigenvalue weighted by atomic mass is 10.2. The van der Waals surface area contributed by atoms with E-state index in [9.17, 15) is 9.59 Å². The average Bonchev–Trinajstić information content (AvgIpc) is 2.86. The summed E-state index contributed by atoms with van der Waals surface area (Å²) in [5.74, 6) is 0.433. The smallest absolute Gasteiger partial charge is 0.305 e. The zero-order chi connectivity index (χ0) is 13.8. The van der Waals surface area contributed by atoms with E-state index < -0.39 is 5.97 Å². The van der Waals surface area contributed by atoms with E-state index >= 15 is 0 Å². The monoisotopic (exact) mass is 286 g/mol. The summed E-state index contributed by atoms with van der Waals surface area (Å²) < 4.78 is 9.75. The molecule has 0 aliphatic carbocycles. The van der Waals surface area contributed by atoms with E-state index in [1.165, 1.54) is 18.1 Å². The molecular weight excluding hydrogens is 272 g/mol. The van der Waals surface area contributed by atoms with Crippen LogP contribution in [0, 0.1) is 0 Å². The highest BCUT2D eigenvalue weighted by Gasteiger charge is 2.31. The van der Waals surface area contributed by atoms with Gasteiger partial charge in [0.05, 0.1) is 25.6 Å². The molecule has 0 saturated carbocycles. The molecule has 2 rings (SSSR count). The first-order chi connectivity index (χ1) is 9.11. The fourth-order valence-corrected chi connectivity index (χ4v) is 2.95. The molecule has 1 aromatic heterocycles. The van der Waals surface area contributed by atoms with Gasteiger partial charge >= 0.3 is 5.97 Å². The van der Waals surface area contributed by atoms with Gasteiger partial charge in [0.1, 0.15) is 0 Å². The number of hydrogen-bond donors (Lipinski definition) is 1. The fourth-order valence-electron chi connectivity index (χ4n) is 1.89. The van der Waals surface area contributed by atoms with Gasteiger partial charge in [0.2, 0.25) is 5.76 Å². The fraction of sp³-hybridized carbons (Fsp3) is 0.545. The first-order valence-electron chi connectivity index (χ1n) is 5.73. The zero-order valence-electron chi connectivity index (χ0n) is 10.4. The third kappa shape index (κ3) is 3.19. The molecule has 1 aromatic rings. The predicted molar refractivity (Wildman–Crippen MR) is 67.5 cm³/mol. The van der Waals surface area contributed by atoms with Crippen LogP contribution in [0.1, 0.15) is 17.0 Å². The molecule has 0 aromatic carbocycles. The lowest BCUT2D eigenvalue weighted by Crippen LogP contribution is -2.47. The Bertz CT molecular complexity index is 475. The molecule has 0 radical (unpaired) electrons. The Labute approximate surface area is 113 Å². The summed E-state index contributed by atoms with van der Waals surface area (Å²) in [4.78, 5) is 24.6. The molecule has 0 spiro atoms. The summed E-state index contributed by atoms with van der Waals surface area (Å²) in [5, 5.41) is 12.4. The first kappa shape index (κ1) is 13.7. The Morgan fingerprint density at radius 1 is 1.68 bits per heavy atom. The van der Waals surface area contributed by atoms with Crippen LogP contribution in [0.3, 0.4) is 0 Å². The molecule has 1 amide bonds. The predicted octanol–water partition coefficient (Wildman–Crippen LogP) is 0.716. The molecule has 19 heavy (non-hydrogen) atoms. The summed E-state index contributed by atoms with van der Waals surface area (Å²) in [6, 6.07) is 1.09. The first-order valence-corrected chi connectivity index (χ1v) is 6.88. The third-order valence-corrected chi connectivity index (χ3v) is 3.90. The van der Waals surface area contributed by atoms with Crippen molar-refractivity contribution in [1.29, 1.82) is 0 Å². The van der Waals surface area contributed by atoms with Gasteiger partial charge in [-0.25, -0.2) is 0 Å². The molecule has 1 saturated heterocycles. The number of rotatable bonds is 4. The Kier molecular flexibility index (Phi) is 4.31. The van der Waals surface area contributed by atoms with Crippen LogP contribution in [-0.2, 0) is 4.79 Å². The summed E-state index contributed by atoms with van der Waals surface area (Å²) in [6.07, 6.45) is -0.0655. The molecule has 2 heterocycles. The van der Waals surface area contributed by atoms with Gasteiger partial charge in [-0.15, -0.1) is 0 Å². The summed E-state index contributed by atoms with van der Waals surface area (Å²) in [6.45, 7) is 0.504. The van der Waals surface area contributed by atoms with Gasteiger partial charge in [0.25, 0.3) is 11.8 Å². The van der Waals surface area contributed by atoms with Gasteiger partial charge in [-0.3, -0.25) is 9.59 Å². The van der Waals surface area contributed by atoms with E-state index in [1.54, 1.807) is 11.8 Å². The molecule has 1 aliphatic rings. The number of hydrogen-bond acceptors (Lipinski definition) is 6. The Hall–Kier alpha value is -1.70. The number of carboxylic acid groups (broad SMARTS) is 1. The second-order valence-electron chi connectivity index (χ2n) is 4.06. The maximum Gasteiger partial charge on any atom is 0.305 e. The molecular formula is C11H14N2O5S. The van der Waals surface area contributed by atoms with Crippen molar-refractivity contribution in [1.82, 2.24) is 10.1 Å². The maximum atomic E-state index is 12.3. The molecule has 7 nitrogen and oxygen atoms in total. The van der Waals surface area contributed by atoms with Crippen LogP contribution in [0.2, 0.25) is 0 Å². The highest BCUT2D eigenvalue weighted by molar-refractivity contribution is 7.99. The van der Waals surface area contributed by atoms with Crippen molar-refractivity contribution in [2.45, 2.75) is 12.5 Å². The Morgan fingerprint density at radius 3 is 3.11 bits per heavy atom. The average molecular weight is 286 g/mol. The highest BCUT2D eigenvalue weighted by Crippen LogP contribution is 2.22. The minimum atomic E-state index is -0.916. The van der Waals surface area contributed by atoms with E-state index in [4.69, 9.17) is 14.4 Å². The number of ether oxygens (including phenoxy) is 1. The number of nitrogens with zero attached hydrogens (tertiary/aromatic N) is 2. The van der Waals surface area contributed by atoms with Crippen molar-refractivity contribution >= 4 is 23.6 Å². The number of carbonyl (C=O) groups excluding carboxylic acids is 1. The number of aliphatic carboxylic acids is 1. The molecule has 1 fully saturated rings. The quantitative estimate of drug-likeness (QED) is 0.871. The normalized spacial score (nSPS) is 19.2. The topological polar surface area (TPSA) is 92.9 Å². The largest absolute Gasteiger partial charge is 0.481 e. The molecule has 1 N–H and O–H groups in total. The second kappa shape index (κ2) is 5.96. The van der Waals surface area contributed by atoms with Crippen LogP contribution in [-0.4, -0.2) is 58.2 Å². The second-order valence-corrected chi connectivity index (χ2v) is 5.21.